The van der Waals surface area contributed by atoms with E-state index in [4.69, 9.17) is 0 Å². The number of benzene rings is 2. The van der Waals surface area contributed by atoms with Gasteiger partial charge in [-0.3, -0.25) is 9.59 Å². The fraction of sp³-hybridized carbons (Fsp3) is 0.233. The van der Waals surface area contributed by atoms with Crippen molar-refractivity contribution in [3.05, 3.63) is 95.3 Å². The number of carbonyl (C=O) groups excluding carboxylic acids is 2. The van der Waals surface area contributed by atoms with Gasteiger partial charge < -0.3 is 20.9 Å². The molecule has 4 N–H and O–H groups in total. The van der Waals surface area contributed by atoms with Crippen molar-refractivity contribution in [1.82, 2.24) is 15.3 Å². The van der Waals surface area contributed by atoms with E-state index in [0.29, 0.717) is 40.3 Å². The van der Waals surface area contributed by atoms with Crippen molar-refractivity contribution in [3.8, 4) is 11.3 Å². The molecule has 0 saturated heterocycles. The summed E-state index contributed by atoms with van der Waals surface area (Å²) < 4.78 is 54.0. The summed E-state index contributed by atoms with van der Waals surface area (Å²) in [5.41, 5.74) is 2.62. The lowest BCUT2D eigenvalue weighted by Crippen LogP contribution is -2.49. The molecule has 4 aromatic rings. The Bertz CT molecular complexity index is 1600. The van der Waals surface area contributed by atoms with Crippen LogP contribution in [-0.4, -0.2) is 33.7 Å². The quantitative estimate of drug-likeness (QED) is 0.182. The molecule has 0 spiro atoms. The normalized spacial score (nSPS) is 14.8. The molecule has 1 aliphatic rings. The van der Waals surface area contributed by atoms with Gasteiger partial charge in [0.2, 0.25) is 12.3 Å². The van der Waals surface area contributed by atoms with Crippen molar-refractivity contribution in [2.45, 2.75) is 44.6 Å². The van der Waals surface area contributed by atoms with Gasteiger partial charge in [0.15, 0.2) is 0 Å². The molecule has 0 saturated carbocycles. The Morgan fingerprint density at radius 2 is 1.80 bits per heavy atom. The van der Waals surface area contributed by atoms with Gasteiger partial charge in [0.05, 0.1) is 22.9 Å². The van der Waals surface area contributed by atoms with Crippen LogP contribution in [0.3, 0.4) is 0 Å². The first kappa shape index (κ1) is 27.9. The van der Waals surface area contributed by atoms with Gasteiger partial charge in [-0.2, -0.15) is 0 Å². The van der Waals surface area contributed by atoms with E-state index in [1.807, 2.05) is 13.8 Å². The number of pyridine rings is 1. The topological polar surface area (TPSA) is 98.9 Å². The molecule has 3 heterocycles. The average Bonchev–Trinajstić information content (AvgIpc) is 3.25. The molecular weight excluding hydrogens is 538 g/mol. The van der Waals surface area contributed by atoms with Gasteiger partial charge in [0.1, 0.15) is 17.5 Å². The lowest BCUT2D eigenvalue weighted by molar-refractivity contribution is -0.118. The van der Waals surface area contributed by atoms with Crippen LogP contribution in [0.5, 0.6) is 0 Å². The first-order valence-corrected chi connectivity index (χ1v) is 12.9. The number of aromatic amines is 1. The van der Waals surface area contributed by atoms with Gasteiger partial charge in [-0.25, -0.2) is 22.5 Å². The van der Waals surface area contributed by atoms with Gasteiger partial charge in [0.25, 0.3) is 5.91 Å². The summed E-state index contributed by atoms with van der Waals surface area (Å²) in [5.74, 6) is -3.20. The summed E-state index contributed by atoms with van der Waals surface area (Å²) in [5, 5.41) is 8.71. The van der Waals surface area contributed by atoms with Crippen molar-refractivity contribution in [2.75, 3.05) is 10.6 Å². The summed E-state index contributed by atoms with van der Waals surface area (Å²) in [6, 6.07) is 13.8. The highest BCUT2D eigenvalue weighted by Gasteiger charge is 2.35. The number of aromatic nitrogens is 2. The number of rotatable bonds is 8. The molecule has 11 heteroatoms. The zero-order valence-electron chi connectivity index (χ0n) is 22.2. The van der Waals surface area contributed by atoms with E-state index < -0.39 is 41.8 Å². The largest absolute Gasteiger partial charge is 0.356 e. The number of hydrogen-bond donors (Lipinski definition) is 4. The van der Waals surface area contributed by atoms with Crippen molar-refractivity contribution in [1.29, 1.82) is 0 Å². The van der Waals surface area contributed by atoms with Crippen LogP contribution < -0.4 is 16.0 Å². The molecule has 7 nitrogen and oxygen atoms in total. The van der Waals surface area contributed by atoms with Crippen LogP contribution in [-0.2, 0) is 11.2 Å². The number of anilines is 3. The number of alkyl halides is 2. The van der Waals surface area contributed by atoms with E-state index in [1.165, 1.54) is 36.5 Å². The SMILES string of the molecule is CC1(C)Cc2[nH]c(-c3ccnc(NC(=O)[C@@H](CC(F)F)c4ccc(F)cc4)c3)c(Nc3cccc(F)c3)c2C(=O)N1. The van der Waals surface area contributed by atoms with Crippen LogP contribution in [0.25, 0.3) is 11.3 Å². The number of fused-ring (bicyclic) bond motifs is 1. The van der Waals surface area contributed by atoms with Gasteiger partial charge >= 0.3 is 0 Å². The highest BCUT2D eigenvalue weighted by Crippen LogP contribution is 2.39. The molecule has 0 bridgehead atoms. The Hall–Kier alpha value is -4.67. The monoisotopic (exact) mass is 565 g/mol. The van der Waals surface area contributed by atoms with Crippen molar-refractivity contribution < 1.29 is 27.2 Å². The average molecular weight is 566 g/mol. The van der Waals surface area contributed by atoms with Gasteiger partial charge in [-0.05, 0) is 61.9 Å². The summed E-state index contributed by atoms with van der Waals surface area (Å²) in [4.78, 5) is 33.7. The second-order valence-electron chi connectivity index (χ2n) is 10.5. The number of nitrogens with zero attached hydrogens (tertiary/aromatic N) is 1. The molecule has 2 amide bonds. The van der Waals surface area contributed by atoms with Crippen LogP contribution in [0.2, 0.25) is 0 Å². The molecule has 0 aliphatic carbocycles. The van der Waals surface area contributed by atoms with Crippen LogP contribution in [0.4, 0.5) is 34.8 Å². The zero-order valence-corrected chi connectivity index (χ0v) is 22.2. The van der Waals surface area contributed by atoms with E-state index in [0.717, 1.165) is 12.1 Å². The number of carbonyl (C=O) groups is 2. The maximum absolute atomic E-state index is 14.0. The minimum atomic E-state index is -2.77. The van der Waals surface area contributed by atoms with E-state index in [1.54, 1.807) is 18.2 Å². The summed E-state index contributed by atoms with van der Waals surface area (Å²) >= 11 is 0. The third-order valence-electron chi connectivity index (χ3n) is 6.77. The van der Waals surface area contributed by atoms with Crippen molar-refractivity contribution in [2.24, 2.45) is 0 Å². The molecule has 2 aromatic heterocycles. The molecular formula is C30H27F4N5O2. The van der Waals surface area contributed by atoms with E-state index in [9.17, 15) is 27.2 Å². The van der Waals surface area contributed by atoms with Gasteiger partial charge in [-0.15, -0.1) is 0 Å². The fourth-order valence-electron chi connectivity index (χ4n) is 4.98. The molecule has 2 aromatic carbocycles. The van der Waals surface area contributed by atoms with Crippen LogP contribution in [0, 0.1) is 11.6 Å². The molecule has 0 unspecified atom stereocenters. The Labute approximate surface area is 233 Å². The minimum absolute atomic E-state index is 0.0861. The maximum Gasteiger partial charge on any atom is 0.255 e. The van der Waals surface area contributed by atoms with Gasteiger partial charge in [0, 0.05) is 41.5 Å². The van der Waals surface area contributed by atoms with Gasteiger partial charge in [-0.1, -0.05) is 18.2 Å². The Morgan fingerprint density at radius 1 is 1.05 bits per heavy atom. The van der Waals surface area contributed by atoms with Crippen LogP contribution >= 0.6 is 0 Å². The Morgan fingerprint density at radius 3 is 2.51 bits per heavy atom. The molecule has 212 valence electrons. The third kappa shape index (κ3) is 6.24. The fourth-order valence-corrected chi connectivity index (χ4v) is 4.98. The second kappa shape index (κ2) is 11.1. The molecule has 41 heavy (non-hydrogen) atoms. The predicted molar refractivity (Wildman–Crippen MR) is 147 cm³/mol. The summed E-state index contributed by atoms with van der Waals surface area (Å²) in [7, 11) is 0. The van der Waals surface area contributed by atoms with Crippen LogP contribution in [0.15, 0.2) is 66.9 Å². The molecule has 5 rings (SSSR count). The molecule has 0 fully saturated rings. The van der Waals surface area contributed by atoms with E-state index in [2.05, 4.69) is 25.9 Å². The van der Waals surface area contributed by atoms with Crippen molar-refractivity contribution >= 4 is 29.0 Å². The van der Waals surface area contributed by atoms with E-state index in [-0.39, 0.29) is 17.3 Å². The number of hydrogen-bond acceptors (Lipinski definition) is 4. The third-order valence-corrected chi connectivity index (χ3v) is 6.77. The minimum Gasteiger partial charge on any atom is -0.356 e. The summed E-state index contributed by atoms with van der Waals surface area (Å²) in [6.07, 6.45) is -1.60. The second-order valence-corrected chi connectivity index (χ2v) is 10.5. The predicted octanol–water partition coefficient (Wildman–Crippen LogP) is 6.54. The highest BCUT2D eigenvalue weighted by atomic mass is 19.3. The van der Waals surface area contributed by atoms with E-state index >= 15 is 0 Å². The number of H-pyrrole nitrogens is 1. The summed E-state index contributed by atoms with van der Waals surface area (Å²) in [6.45, 7) is 3.79. The lowest BCUT2D eigenvalue weighted by Gasteiger charge is -2.30. The zero-order chi connectivity index (χ0) is 29.3. The Kier molecular flexibility index (Phi) is 7.53. The molecule has 1 aliphatic heterocycles. The molecule has 1 atom stereocenters. The first-order valence-electron chi connectivity index (χ1n) is 12.9. The van der Waals surface area contributed by atoms with Crippen molar-refractivity contribution in [3.63, 3.8) is 0 Å². The maximum atomic E-state index is 14.0. The highest BCUT2D eigenvalue weighted by molar-refractivity contribution is 6.07. The standard InChI is InChI=1S/C30H27F4N5O2/c1-30(2)15-22-25(29(41)39-30)27(36-20-5-3-4-19(32)13-20)26(37-22)17-10-11-35-24(12-17)38-28(40)21(14-23(33)34)16-6-8-18(31)9-7-16/h3-13,21,23,36-37H,14-15H2,1-2H3,(H,39,41)(H,35,38,40)/t21-/m0/s1. The number of nitrogens with one attached hydrogen (secondary N) is 4. The first-order chi connectivity index (χ1) is 19.5. The smallest absolute Gasteiger partial charge is 0.255 e. The van der Waals surface area contributed by atoms with Crippen LogP contribution in [0.1, 0.15) is 47.8 Å². The number of amides is 2. The number of halogens is 4. The Balaban J connectivity index is 1.51. The lowest BCUT2D eigenvalue weighted by atomic mass is 9.91. The molecule has 0 radical (unpaired) electrons.